The number of aromatic nitrogens is 2. The van der Waals surface area contributed by atoms with E-state index in [1.165, 1.54) is 107 Å². The molecule has 3 aliphatic rings. The van der Waals surface area contributed by atoms with Crippen molar-refractivity contribution in [2.75, 3.05) is 0 Å². The van der Waals surface area contributed by atoms with Crippen molar-refractivity contribution in [2.24, 2.45) is 0 Å². The number of rotatable bonds is 7. The Labute approximate surface area is 277 Å². The molecule has 0 spiro atoms. The van der Waals surface area contributed by atoms with Crippen LogP contribution in [0, 0.1) is 5.20 Å². The summed E-state index contributed by atoms with van der Waals surface area (Å²) >= 11 is -0.346. The van der Waals surface area contributed by atoms with Gasteiger partial charge >= 0.3 is 34.5 Å². The van der Waals surface area contributed by atoms with Gasteiger partial charge in [-0.2, -0.15) is 0 Å². The van der Waals surface area contributed by atoms with Gasteiger partial charge in [0.25, 0.3) is 0 Å². The van der Waals surface area contributed by atoms with Gasteiger partial charge in [0.15, 0.2) is 0 Å². The Hall–Kier alpha value is -0.717. The fourth-order valence-corrected chi connectivity index (χ4v) is 16.8. The summed E-state index contributed by atoms with van der Waals surface area (Å²) in [5.74, 6) is 0. The molecule has 3 aromatic rings. The normalized spacial score (nSPS) is 20.7. The van der Waals surface area contributed by atoms with Gasteiger partial charge in [-0.3, -0.25) is 0 Å². The molecule has 2 atom stereocenters. The maximum atomic E-state index is 4.85. The fourth-order valence-electron chi connectivity index (χ4n) is 9.11. The van der Waals surface area contributed by atoms with Crippen molar-refractivity contribution in [3.8, 4) is 0 Å². The molecule has 0 saturated heterocycles. The first-order valence-electron chi connectivity index (χ1n) is 17.1. The predicted molar refractivity (Wildman–Crippen MR) is 185 cm³/mol. The van der Waals surface area contributed by atoms with Gasteiger partial charge in [-0.1, -0.05) is 125 Å². The SMILES string of the molecule is CC(c1ccccc1)n1ccn(C(C)c2ccccc2)c1=P(C1CCCCC1)(C1CCCCC1)C1CCCCC1.[Cl][Ru][Cl]. The van der Waals surface area contributed by atoms with Crippen LogP contribution in [0.3, 0.4) is 0 Å². The van der Waals surface area contributed by atoms with Crippen molar-refractivity contribution in [1.82, 2.24) is 9.13 Å². The van der Waals surface area contributed by atoms with E-state index in [-0.39, 0.29) is 15.1 Å². The molecular weight excluding hydrogens is 675 g/mol. The summed E-state index contributed by atoms with van der Waals surface area (Å²) in [6.07, 6.45) is 27.0. The summed E-state index contributed by atoms with van der Waals surface area (Å²) in [7, 11) is 9.71. The van der Waals surface area contributed by atoms with Crippen LogP contribution < -0.4 is 0 Å². The Morgan fingerprint density at radius 2 is 0.860 bits per heavy atom. The zero-order chi connectivity index (χ0) is 30.1. The van der Waals surface area contributed by atoms with Crippen molar-refractivity contribution < 1.29 is 15.1 Å². The number of imidazole rings is 1. The standard InChI is InChI=1S/C37H53N2P.2ClH.Ru/c1-30(32-18-8-3-9-19-32)38-28-29-39(31(2)33-20-10-4-11-21-33)37(38)40(34-22-12-5-13-23-34,35-24-14-6-15-25-35)36-26-16-7-17-27-36;;;/h3-4,8-11,18-21,28-31,34-36H,5-7,12-17,22-27H2,1-2H3;2*1H;/q;;;+2/p-2. The first-order chi connectivity index (χ1) is 21.1. The summed E-state index contributed by atoms with van der Waals surface area (Å²) in [4.78, 5) is 0. The predicted octanol–water partition coefficient (Wildman–Crippen LogP) is 12.4. The first kappa shape index (κ1) is 33.6. The van der Waals surface area contributed by atoms with E-state index in [9.17, 15) is 0 Å². The number of hydrogen-bond donors (Lipinski definition) is 0. The molecular formula is C37H53Cl2N2PRu. The van der Waals surface area contributed by atoms with Gasteiger partial charge in [-0.15, -0.1) is 0 Å². The average Bonchev–Trinajstić information content (AvgIpc) is 3.52. The molecule has 0 N–H and O–H groups in total. The zero-order valence-electron chi connectivity index (χ0n) is 26.4. The van der Waals surface area contributed by atoms with Crippen LogP contribution in [0.4, 0.5) is 0 Å². The molecule has 3 saturated carbocycles. The summed E-state index contributed by atoms with van der Waals surface area (Å²) in [6, 6.07) is 23.5. The van der Waals surface area contributed by atoms with Crippen LogP contribution in [-0.4, -0.2) is 26.1 Å². The topological polar surface area (TPSA) is 9.86 Å². The van der Waals surface area contributed by atoms with Crippen LogP contribution in [0.5, 0.6) is 0 Å². The summed E-state index contributed by atoms with van der Waals surface area (Å²) < 4.78 is 5.67. The molecule has 2 aromatic carbocycles. The number of benzene rings is 2. The Balaban J connectivity index is 0.00000118. The third kappa shape index (κ3) is 7.48. The van der Waals surface area contributed by atoms with Crippen molar-refractivity contribution in [1.29, 1.82) is 0 Å². The van der Waals surface area contributed by atoms with E-state index in [4.69, 9.17) is 19.4 Å². The van der Waals surface area contributed by atoms with Gasteiger partial charge in [0, 0.05) is 12.4 Å². The summed E-state index contributed by atoms with van der Waals surface area (Å²) in [6.45, 7) is 3.43. The van der Waals surface area contributed by atoms with Gasteiger partial charge in [-0.25, -0.2) is 0 Å². The third-order valence-corrected chi connectivity index (χ3v) is 17.5. The quantitative estimate of drug-likeness (QED) is 0.169. The van der Waals surface area contributed by atoms with Crippen molar-refractivity contribution in [2.45, 2.75) is 139 Å². The maximum absolute atomic E-state index is 4.85. The molecule has 0 aliphatic heterocycles. The molecule has 0 radical (unpaired) electrons. The molecule has 0 amide bonds. The van der Waals surface area contributed by atoms with E-state index in [0.29, 0.717) is 12.1 Å². The van der Waals surface area contributed by atoms with Crippen LogP contribution >= 0.6 is 26.3 Å². The molecule has 2 nitrogen and oxygen atoms in total. The van der Waals surface area contributed by atoms with Gasteiger partial charge < -0.3 is 9.13 Å². The summed E-state index contributed by atoms with van der Waals surface area (Å²) in [5.41, 5.74) is 5.65. The Kier molecular flexibility index (Phi) is 13.1. The minimum absolute atomic E-state index is 0.346. The molecule has 2 unspecified atom stereocenters. The molecule has 43 heavy (non-hydrogen) atoms. The average molecular weight is 729 g/mol. The van der Waals surface area contributed by atoms with E-state index in [2.05, 4.69) is 96.0 Å². The van der Waals surface area contributed by atoms with E-state index in [0.717, 1.165) is 17.0 Å². The van der Waals surface area contributed by atoms with Crippen molar-refractivity contribution in [3.05, 3.63) is 89.4 Å². The Morgan fingerprint density at radius 1 is 0.558 bits per heavy atom. The molecule has 1 heterocycles. The molecule has 6 rings (SSSR count). The second kappa shape index (κ2) is 16.7. The number of nitrogens with zero attached hydrogens (tertiary/aromatic N) is 2. The van der Waals surface area contributed by atoms with Gasteiger partial charge in [-0.05, 0) is 80.5 Å². The molecule has 0 bridgehead atoms. The van der Waals surface area contributed by atoms with E-state index < -0.39 is 6.89 Å². The van der Waals surface area contributed by atoms with E-state index in [1.54, 1.807) is 5.20 Å². The number of hydrogen-bond acceptors (Lipinski definition) is 0. The van der Waals surface area contributed by atoms with Crippen LogP contribution in [0.2, 0.25) is 0 Å². The Morgan fingerprint density at radius 3 is 1.16 bits per heavy atom. The van der Waals surface area contributed by atoms with E-state index >= 15 is 0 Å². The van der Waals surface area contributed by atoms with E-state index in [1.807, 2.05) is 0 Å². The van der Waals surface area contributed by atoms with Crippen molar-refractivity contribution in [3.63, 3.8) is 0 Å². The summed E-state index contributed by atoms with van der Waals surface area (Å²) in [5, 5.41) is 1.80. The molecule has 3 fully saturated rings. The Bertz CT molecular complexity index is 1200. The molecule has 238 valence electrons. The minimum atomic E-state index is -1.52. The zero-order valence-corrected chi connectivity index (χ0v) is 30.5. The van der Waals surface area contributed by atoms with Crippen LogP contribution in [0.15, 0.2) is 73.1 Å². The van der Waals surface area contributed by atoms with Crippen LogP contribution in [0.25, 0.3) is 0 Å². The second-order valence-corrected chi connectivity index (χ2v) is 20.2. The van der Waals surface area contributed by atoms with Gasteiger partial charge in [0.1, 0.15) is 5.20 Å². The van der Waals surface area contributed by atoms with Gasteiger partial charge in [0.2, 0.25) is 0 Å². The molecule has 6 heteroatoms. The molecule has 3 aliphatic carbocycles. The van der Waals surface area contributed by atoms with Crippen LogP contribution in [-0.2, 0) is 15.1 Å². The monoisotopic (exact) mass is 728 g/mol. The van der Waals surface area contributed by atoms with Crippen LogP contribution in [0.1, 0.15) is 133 Å². The van der Waals surface area contributed by atoms with Crippen molar-refractivity contribution >= 4 is 26.3 Å². The second-order valence-electron chi connectivity index (χ2n) is 13.3. The molecule has 1 aromatic heterocycles. The first-order valence-corrected chi connectivity index (χ1v) is 23.6. The van der Waals surface area contributed by atoms with Gasteiger partial charge in [0.05, 0.1) is 12.1 Å². The number of halogens is 2. The fraction of sp³-hybridized carbons (Fsp3) is 0.595. The third-order valence-electron chi connectivity index (χ3n) is 11.1.